The molecule has 1 aromatic rings. The Hall–Kier alpha value is -0.570. The molecule has 2 rings (SSSR count). The molecular formula is C12H17BrN2. The van der Waals surface area contributed by atoms with Crippen LogP contribution in [0, 0.1) is 12.8 Å². The number of aromatic nitrogens is 1. The summed E-state index contributed by atoms with van der Waals surface area (Å²) in [6.45, 7) is 6.60. The van der Waals surface area contributed by atoms with Crippen molar-refractivity contribution in [1.29, 1.82) is 0 Å². The maximum absolute atomic E-state index is 4.42. The van der Waals surface area contributed by atoms with Crippen LogP contribution in [-0.4, -0.2) is 10.5 Å². The molecule has 15 heavy (non-hydrogen) atoms. The Bertz CT molecular complexity index is 370. The number of hydrogen-bond donors (Lipinski definition) is 1. The third-order valence-electron chi connectivity index (χ3n) is 3.08. The van der Waals surface area contributed by atoms with Gasteiger partial charge in [-0.05, 0) is 67.1 Å². The van der Waals surface area contributed by atoms with Crippen molar-refractivity contribution in [3.8, 4) is 0 Å². The van der Waals surface area contributed by atoms with Gasteiger partial charge in [-0.3, -0.25) is 0 Å². The average Bonchev–Trinajstić information content (AvgIpc) is 2.92. The van der Waals surface area contributed by atoms with Crippen LogP contribution in [0.3, 0.4) is 0 Å². The highest BCUT2D eigenvalue weighted by atomic mass is 79.9. The van der Waals surface area contributed by atoms with Crippen LogP contribution in [0.25, 0.3) is 0 Å². The lowest BCUT2D eigenvalue weighted by Gasteiger charge is -2.27. The SMILES string of the molecule is Cc1cc(Br)cnc1NC(C)(C)C1CC1. The van der Waals surface area contributed by atoms with Crippen LogP contribution in [0.5, 0.6) is 0 Å². The van der Waals surface area contributed by atoms with E-state index in [1.165, 1.54) is 18.4 Å². The Morgan fingerprint density at radius 3 is 2.67 bits per heavy atom. The average molecular weight is 269 g/mol. The number of anilines is 1. The van der Waals surface area contributed by atoms with Crippen molar-refractivity contribution < 1.29 is 0 Å². The minimum Gasteiger partial charge on any atom is -0.365 e. The third kappa shape index (κ3) is 2.51. The minimum atomic E-state index is 0.172. The number of pyridine rings is 1. The summed E-state index contributed by atoms with van der Waals surface area (Å²) >= 11 is 3.43. The van der Waals surface area contributed by atoms with Gasteiger partial charge < -0.3 is 5.32 Å². The molecule has 1 N–H and O–H groups in total. The van der Waals surface area contributed by atoms with Crippen LogP contribution in [0.1, 0.15) is 32.3 Å². The fourth-order valence-corrected chi connectivity index (χ4v) is 2.33. The predicted molar refractivity (Wildman–Crippen MR) is 67.1 cm³/mol. The maximum atomic E-state index is 4.42. The van der Waals surface area contributed by atoms with Gasteiger partial charge in [0.1, 0.15) is 5.82 Å². The fourth-order valence-electron chi connectivity index (χ4n) is 1.88. The van der Waals surface area contributed by atoms with Gasteiger partial charge in [0.15, 0.2) is 0 Å². The molecule has 1 fully saturated rings. The molecule has 1 aliphatic carbocycles. The van der Waals surface area contributed by atoms with E-state index in [2.05, 4.69) is 53.1 Å². The topological polar surface area (TPSA) is 24.9 Å². The lowest BCUT2D eigenvalue weighted by molar-refractivity contribution is 0.492. The van der Waals surface area contributed by atoms with Gasteiger partial charge in [0, 0.05) is 16.2 Å². The van der Waals surface area contributed by atoms with Crippen LogP contribution in [0.15, 0.2) is 16.7 Å². The molecule has 0 saturated heterocycles. The van der Waals surface area contributed by atoms with Crippen LogP contribution in [0.2, 0.25) is 0 Å². The Morgan fingerprint density at radius 2 is 2.13 bits per heavy atom. The third-order valence-corrected chi connectivity index (χ3v) is 3.52. The van der Waals surface area contributed by atoms with Crippen molar-refractivity contribution in [2.24, 2.45) is 5.92 Å². The molecule has 3 heteroatoms. The zero-order valence-electron chi connectivity index (χ0n) is 9.47. The molecule has 0 atom stereocenters. The number of nitrogens with one attached hydrogen (secondary N) is 1. The molecule has 0 radical (unpaired) electrons. The fraction of sp³-hybridized carbons (Fsp3) is 0.583. The standard InChI is InChI=1S/C12H17BrN2/c1-8-6-10(13)7-14-11(8)15-12(2,3)9-4-5-9/h6-7,9H,4-5H2,1-3H3,(H,14,15). The largest absolute Gasteiger partial charge is 0.365 e. The summed E-state index contributed by atoms with van der Waals surface area (Å²) < 4.78 is 1.04. The predicted octanol–water partition coefficient (Wildman–Crippen LogP) is 3.75. The first kappa shape index (κ1) is 10.9. The molecule has 2 nitrogen and oxygen atoms in total. The van der Waals surface area contributed by atoms with Gasteiger partial charge >= 0.3 is 0 Å². The molecule has 0 bridgehead atoms. The monoisotopic (exact) mass is 268 g/mol. The first-order valence-electron chi connectivity index (χ1n) is 5.39. The summed E-state index contributed by atoms with van der Waals surface area (Å²) in [6.07, 6.45) is 4.53. The lowest BCUT2D eigenvalue weighted by atomic mass is 9.98. The second-order valence-electron chi connectivity index (χ2n) is 4.94. The summed E-state index contributed by atoms with van der Waals surface area (Å²) in [5.74, 6) is 1.82. The zero-order chi connectivity index (χ0) is 11.1. The Morgan fingerprint density at radius 1 is 1.47 bits per heavy atom. The number of nitrogens with zero attached hydrogens (tertiary/aromatic N) is 1. The highest BCUT2D eigenvalue weighted by Crippen LogP contribution is 2.41. The second-order valence-corrected chi connectivity index (χ2v) is 5.86. The first-order valence-corrected chi connectivity index (χ1v) is 6.18. The number of aryl methyl sites for hydroxylation is 1. The van der Waals surface area contributed by atoms with E-state index < -0.39 is 0 Å². The van der Waals surface area contributed by atoms with E-state index in [0.717, 1.165) is 16.2 Å². The van der Waals surface area contributed by atoms with E-state index in [-0.39, 0.29) is 5.54 Å². The first-order chi connectivity index (χ1) is 6.99. The lowest BCUT2D eigenvalue weighted by Crippen LogP contribution is -2.34. The smallest absolute Gasteiger partial charge is 0.129 e. The summed E-state index contributed by atoms with van der Waals surface area (Å²) in [5, 5.41) is 3.54. The van der Waals surface area contributed by atoms with E-state index in [1.807, 2.05) is 6.20 Å². The molecule has 1 heterocycles. The van der Waals surface area contributed by atoms with Crippen molar-refractivity contribution >= 4 is 21.7 Å². The number of halogens is 1. The van der Waals surface area contributed by atoms with Gasteiger partial charge in [-0.2, -0.15) is 0 Å². The minimum absolute atomic E-state index is 0.172. The van der Waals surface area contributed by atoms with E-state index in [1.54, 1.807) is 0 Å². The summed E-state index contributed by atoms with van der Waals surface area (Å²) in [7, 11) is 0. The number of rotatable bonds is 3. The van der Waals surface area contributed by atoms with Gasteiger partial charge in [0.05, 0.1) is 0 Å². The van der Waals surface area contributed by atoms with Crippen LogP contribution < -0.4 is 5.32 Å². The van der Waals surface area contributed by atoms with Crippen molar-refractivity contribution in [1.82, 2.24) is 4.98 Å². The number of hydrogen-bond acceptors (Lipinski definition) is 2. The molecule has 0 unspecified atom stereocenters. The van der Waals surface area contributed by atoms with Crippen LogP contribution >= 0.6 is 15.9 Å². The quantitative estimate of drug-likeness (QED) is 0.903. The summed E-state index contributed by atoms with van der Waals surface area (Å²) in [5.41, 5.74) is 1.36. The highest BCUT2D eigenvalue weighted by Gasteiger charge is 2.37. The van der Waals surface area contributed by atoms with Gasteiger partial charge in [0.25, 0.3) is 0 Å². The molecule has 0 spiro atoms. The molecule has 82 valence electrons. The van der Waals surface area contributed by atoms with Crippen LogP contribution in [0.4, 0.5) is 5.82 Å². The second kappa shape index (κ2) is 3.78. The summed E-state index contributed by atoms with van der Waals surface area (Å²) in [6, 6.07) is 2.10. The molecule has 1 aliphatic rings. The normalized spacial score (nSPS) is 16.5. The molecule has 1 saturated carbocycles. The Kier molecular flexibility index (Phi) is 2.75. The van der Waals surface area contributed by atoms with E-state index in [0.29, 0.717) is 0 Å². The molecule has 0 amide bonds. The molecule has 1 aromatic heterocycles. The molecule has 0 aromatic carbocycles. The van der Waals surface area contributed by atoms with E-state index in [4.69, 9.17) is 0 Å². The van der Waals surface area contributed by atoms with Crippen molar-refractivity contribution in [3.63, 3.8) is 0 Å². The van der Waals surface area contributed by atoms with Gasteiger partial charge in [-0.1, -0.05) is 0 Å². The van der Waals surface area contributed by atoms with Crippen LogP contribution in [-0.2, 0) is 0 Å². The van der Waals surface area contributed by atoms with Crippen molar-refractivity contribution in [3.05, 3.63) is 22.3 Å². The van der Waals surface area contributed by atoms with Gasteiger partial charge in [-0.15, -0.1) is 0 Å². The van der Waals surface area contributed by atoms with Gasteiger partial charge in [0.2, 0.25) is 0 Å². The molecule has 0 aliphatic heterocycles. The highest BCUT2D eigenvalue weighted by molar-refractivity contribution is 9.10. The van der Waals surface area contributed by atoms with Crippen molar-refractivity contribution in [2.75, 3.05) is 5.32 Å². The molecular weight excluding hydrogens is 252 g/mol. The Balaban J connectivity index is 2.16. The maximum Gasteiger partial charge on any atom is 0.129 e. The van der Waals surface area contributed by atoms with E-state index in [9.17, 15) is 0 Å². The van der Waals surface area contributed by atoms with Crippen molar-refractivity contribution in [2.45, 2.75) is 39.2 Å². The zero-order valence-corrected chi connectivity index (χ0v) is 11.1. The Labute approximate surface area is 99.6 Å². The van der Waals surface area contributed by atoms with E-state index >= 15 is 0 Å². The summed E-state index contributed by atoms with van der Waals surface area (Å²) in [4.78, 5) is 4.42. The van der Waals surface area contributed by atoms with Gasteiger partial charge in [-0.25, -0.2) is 4.98 Å².